The Hall–Kier alpha value is -2.56. The number of rotatable bonds is 6. The molecule has 0 fully saturated rings. The molecule has 0 bridgehead atoms. The minimum absolute atomic E-state index is 0.0132. The fourth-order valence-corrected chi connectivity index (χ4v) is 5.10. The smallest absolute Gasteiger partial charge is 0.246 e. The number of hydrogen-bond acceptors (Lipinski definition) is 6. The first-order chi connectivity index (χ1) is 13.7. The molecule has 0 atom stereocenters. The fraction of sp³-hybridized carbons (Fsp3) is 0.111. The molecule has 1 amide bonds. The number of carbonyl (C=O) groups excluding carboxylic acids is 1. The van der Waals surface area contributed by atoms with Gasteiger partial charge in [0.2, 0.25) is 15.7 Å². The average molecular weight is 455 g/mol. The Labute approximate surface area is 176 Å². The van der Waals surface area contributed by atoms with Crippen molar-refractivity contribution < 1.29 is 17.6 Å². The molecule has 1 heterocycles. The summed E-state index contributed by atoms with van der Waals surface area (Å²) in [6.45, 7) is -0.313. The van der Waals surface area contributed by atoms with Crippen LogP contribution in [-0.4, -0.2) is 30.4 Å². The van der Waals surface area contributed by atoms with Gasteiger partial charge in [0, 0.05) is 10.7 Å². The molecule has 11 heteroatoms. The standard InChI is InChI=1S/C18H16ClFN4O3S2/c1-28-18-16(29(26,27)14-8-2-11(19)3-9-14)17(21)24(23-18)10-15(25)22-13-6-4-12(20)5-7-13/h2-9H,10,21H2,1H3,(H,22,25). The monoisotopic (exact) mass is 454 g/mol. The molecule has 0 aliphatic rings. The van der Waals surface area contributed by atoms with Gasteiger partial charge in [-0.1, -0.05) is 11.6 Å². The molecule has 0 saturated heterocycles. The van der Waals surface area contributed by atoms with Gasteiger partial charge in [-0.2, -0.15) is 5.10 Å². The molecule has 3 rings (SSSR count). The Morgan fingerprint density at radius 1 is 1.21 bits per heavy atom. The lowest BCUT2D eigenvalue weighted by atomic mass is 10.3. The number of hydrogen-bond donors (Lipinski definition) is 2. The Morgan fingerprint density at radius 2 is 1.83 bits per heavy atom. The summed E-state index contributed by atoms with van der Waals surface area (Å²) >= 11 is 6.93. The van der Waals surface area contributed by atoms with Gasteiger partial charge in [0.05, 0.1) is 4.90 Å². The third kappa shape index (κ3) is 4.55. The zero-order valence-corrected chi connectivity index (χ0v) is 17.5. The molecule has 0 aliphatic heterocycles. The van der Waals surface area contributed by atoms with Crippen molar-refractivity contribution in [1.82, 2.24) is 9.78 Å². The van der Waals surface area contributed by atoms with Gasteiger partial charge < -0.3 is 11.1 Å². The number of nitrogens with zero attached hydrogens (tertiary/aromatic N) is 2. The summed E-state index contributed by atoms with van der Waals surface area (Å²) in [6, 6.07) is 10.9. The minimum Gasteiger partial charge on any atom is -0.383 e. The van der Waals surface area contributed by atoms with E-state index in [4.69, 9.17) is 17.3 Å². The highest BCUT2D eigenvalue weighted by Crippen LogP contribution is 2.34. The third-order valence-corrected chi connectivity index (χ3v) is 6.81. The number of sulfone groups is 1. The van der Waals surface area contributed by atoms with Crippen molar-refractivity contribution in [3.63, 3.8) is 0 Å². The van der Waals surface area contributed by atoms with E-state index in [9.17, 15) is 17.6 Å². The van der Waals surface area contributed by atoms with E-state index in [0.717, 1.165) is 16.4 Å². The van der Waals surface area contributed by atoms with Crippen molar-refractivity contribution in [3.8, 4) is 0 Å². The fourth-order valence-electron chi connectivity index (χ4n) is 2.54. The maximum absolute atomic E-state index is 13.0. The minimum atomic E-state index is -3.97. The second-order valence-electron chi connectivity index (χ2n) is 5.89. The van der Waals surface area contributed by atoms with Crippen LogP contribution in [0.3, 0.4) is 0 Å². The molecule has 3 aromatic rings. The number of carbonyl (C=O) groups is 1. The highest BCUT2D eigenvalue weighted by Gasteiger charge is 2.29. The van der Waals surface area contributed by atoms with Crippen molar-refractivity contribution in [2.45, 2.75) is 21.4 Å². The predicted octanol–water partition coefficient (Wildman–Crippen LogP) is 3.45. The van der Waals surface area contributed by atoms with Crippen LogP contribution in [0, 0.1) is 5.82 Å². The van der Waals surface area contributed by atoms with Crippen LogP contribution in [0.15, 0.2) is 63.3 Å². The summed E-state index contributed by atoms with van der Waals surface area (Å²) in [7, 11) is -3.97. The SMILES string of the molecule is CSc1nn(CC(=O)Nc2ccc(F)cc2)c(N)c1S(=O)(=O)c1ccc(Cl)cc1. The molecule has 0 aliphatic carbocycles. The lowest BCUT2D eigenvalue weighted by Gasteiger charge is -2.08. The van der Waals surface area contributed by atoms with Crippen LogP contribution in [0.4, 0.5) is 15.9 Å². The number of aromatic nitrogens is 2. The Morgan fingerprint density at radius 3 is 2.41 bits per heavy atom. The van der Waals surface area contributed by atoms with E-state index in [2.05, 4.69) is 10.4 Å². The van der Waals surface area contributed by atoms with Crippen molar-refractivity contribution in [2.75, 3.05) is 17.3 Å². The number of nitrogens with two attached hydrogens (primary N) is 1. The molecule has 0 unspecified atom stereocenters. The maximum atomic E-state index is 13.0. The normalized spacial score (nSPS) is 11.4. The average Bonchev–Trinajstić information content (AvgIpc) is 3.00. The molecule has 3 N–H and O–H groups in total. The highest BCUT2D eigenvalue weighted by molar-refractivity contribution is 7.99. The Bertz CT molecular complexity index is 1150. The van der Waals surface area contributed by atoms with E-state index in [1.54, 1.807) is 6.26 Å². The topological polar surface area (TPSA) is 107 Å². The molecular formula is C18H16ClFN4O3S2. The summed E-state index contributed by atoms with van der Waals surface area (Å²) in [5.41, 5.74) is 6.44. The molecule has 0 saturated carbocycles. The summed E-state index contributed by atoms with van der Waals surface area (Å²) in [6.07, 6.45) is 1.66. The first-order valence-electron chi connectivity index (χ1n) is 8.18. The third-order valence-electron chi connectivity index (χ3n) is 3.92. The molecule has 0 radical (unpaired) electrons. The Kier molecular flexibility index (Phi) is 6.15. The lowest BCUT2D eigenvalue weighted by Crippen LogP contribution is -2.21. The number of thioether (sulfide) groups is 1. The second-order valence-corrected chi connectivity index (χ2v) is 9.01. The molecule has 2 aromatic carbocycles. The maximum Gasteiger partial charge on any atom is 0.246 e. The molecule has 29 heavy (non-hydrogen) atoms. The van der Waals surface area contributed by atoms with E-state index >= 15 is 0 Å². The number of amides is 1. The van der Waals surface area contributed by atoms with Crippen molar-refractivity contribution in [1.29, 1.82) is 0 Å². The van der Waals surface area contributed by atoms with Gasteiger partial charge in [-0.05, 0) is 54.8 Å². The van der Waals surface area contributed by atoms with Crippen molar-refractivity contribution in [2.24, 2.45) is 0 Å². The lowest BCUT2D eigenvalue weighted by molar-refractivity contribution is -0.116. The molecule has 1 aromatic heterocycles. The van der Waals surface area contributed by atoms with Crippen LogP contribution in [-0.2, 0) is 21.2 Å². The summed E-state index contributed by atoms with van der Waals surface area (Å²) in [5.74, 6) is -1.08. The van der Waals surface area contributed by atoms with E-state index in [1.807, 2.05) is 0 Å². The number of nitrogen functional groups attached to an aromatic ring is 1. The summed E-state index contributed by atoms with van der Waals surface area (Å²) in [5, 5.41) is 7.31. The Balaban J connectivity index is 1.90. The van der Waals surface area contributed by atoms with E-state index in [-0.39, 0.29) is 27.2 Å². The van der Waals surface area contributed by atoms with Crippen molar-refractivity contribution in [3.05, 3.63) is 59.4 Å². The van der Waals surface area contributed by atoms with Crippen LogP contribution in [0.1, 0.15) is 0 Å². The van der Waals surface area contributed by atoms with Crippen LogP contribution in [0.2, 0.25) is 5.02 Å². The van der Waals surface area contributed by atoms with Gasteiger partial charge in [0.25, 0.3) is 0 Å². The van der Waals surface area contributed by atoms with Gasteiger partial charge in [-0.15, -0.1) is 11.8 Å². The molecule has 7 nitrogen and oxygen atoms in total. The van der Waals surface area contributed by atoms with Gasteiger partial charge in [-0.25, -0.2) is 17.5 Å². The van der Waals surface area contributed by atoms with Crippen LogP contribution in [0.25, 0.3) is 0 Å². The van der Waals surface area contributed by atoms with Gasteiger partial charge in [-0.3, -0.25) is 4.79 Å². The summed E-state index contributed by atoms with van der Waals surface area (Å²) < 4.78 is 40.2. The van der Waals surface area contributed by atoms with Crippen molar-refractivity contribution >= 4 is 50.6 Å². The zero-order valence-electron chi connectivity index (χ0n) is 15.1. The van der Waals surface area contributed by atoms with Crippen LogP contribution < -0.4 is 11.1 Å². The van der Waals surface area contributed by atoms with E-state index in [1.165, 1.54) is 48.5 Å². The first-order valence-corrected chi connectivity index (χ1v) is 11.3. The van der Waals surface area contributed by atoms with E-state index < -0.39 is 21.6 Å². The number of anilines is 2. The van der Waals surface area contributed by atoms with Gasteiger partial charge in [0.1, 0.15) is 28.1 Å². The molecular weight excluding hydrogens is 439 g/mol. The van der Waals surface area contributed by atoms with Gasteiger partial charge in [0.15, 0.2) is 0 Å². The van der Waals surface area contributed by atoms with Crippen LogP contribution >= 0.6 is 23.4 Å². The van der Waals surface area contributed by atoms with Crippen LogP contribution in [0.5, 0.6) is 0 Å². The van der Waals surface area contributed by atoms with Gasteiger partial charge >= 0.3 is 0 Å². The number of nitrogens with one attached hydrogen (secondary N) is 1. The molecule has 152 valence electrons. The predicted molar refractivity (Wildman–Crippen MR) is 110 cm³/mol. The first kappa shape index (κ1) is 21.2. The number of halogens is 2. The zero-order chi connectivity index (χ0) is 21.2. The summed E-state index contributed by atoms with van der Waals surface area (Å²) in [4.78, 5) is 12.1. The van der Waals surface area contributed by atoms with E-state index in [0.29, 0.717) is 10.7 Å². The largest absolute Gasteiger partial charge is 0.383 e. The second kappa shape index (κ2) is 8.44. The number of benzene rings is 2. The highest BCUT2D eigenvalue weighted by atomic mass is 35.5. The quantitative estimate of drug-likeness (QED) is 0.552. The molecule has 0 spiro atoms.